The van der Waals surface area contributed by atoms with Crippen LogP contribution >= 0.6 is 0 Å². The molecule has 0 bridgehead atoms. The molecule has 0 fully saturated rings. The third-order valence-corrected chi connectivity index (χ3v) is 3.70. The monoisotopic (exact) mass is 246 g/mol. The maximum absolute atomic E-state index is 12.1. The highest BCUT2D eigenvalue weighted by atomic mass is 16.1. The van der Waals surface area contributed by atoms with Crippen LogP contribution in [0.1, 0.15) is 50.8 Å². The van der Waals surface area contributed by atoms with Crippen molar-refractivity contribution in [1.82, 2.24) is 0 Å². The molecule has 1 nitrogen and oxygen atoms in total. The summed E-state index contributed by atoms with van der Waals surface area (Å²) >= 11 is 0. The number of hydrogen-bond donors (Lipinski definition) is 0. The van der Waals surface area contributed by atoms with E-state index in [2.05, 4.69) is 59.7 Å². The molecule has 1 unspecified atom stereocenters. The zero-order valence-electron chi connectivity index (χ0n) is 12.6. The molecule has 0 saturated carbocycles. The van der Waals surface area contributed by atoms with Crippen LogP contribution in [0.4, 0.5) is 0 Å². The second kappa shape index (κ2) is 5.69. The van der Waals surface area contributed by atoms with Gasteiger partial charge in [0, 0.05) is 12.8 Å². The normalized spacial score (nSPS) is 13.4. The summed E-state index contributed by atoms with van der Waals surface area (Å²) in [6.45, 7) is 12.9. The van der Waals surface area contributed by atoms with Gasteiger partial charge in [-0.25, -0.2) is 0 Å². The molecule has 0 heterocycles. The lowest BCUT2D eigenvalue weighted by Gasteiger charge is -2.26. The number of ketones is 1. The van der Waals surface area contributed by atoms with Gasteiger partial charge >= 0.3 is 0 Å². The van der Waals surface area contributed by atoms with Gasteiger partial charge in [-0.1, -0.05) is 57.0 Å². The van der Waals surface area contributed by atoms with E-state index in [1.54, 1.807) is 0 Å². The van der Waals surface area contributed by atoms with Gasteiger partial charge in [-0.2, -0.15) is 0 Å². The van der Waals surface area contributed by atoms with Crippen molar-refractivity contribution in [3.63, 3.8) is 0 Å². The van der Waals surface area contributed by atoms with E-state index >= 15 is 0 Å². The predicted molar refractivity (Wildman–Crippen MR) is 77.9 cm³/mol. The molecule has 0 amide bonds. The van der Waals surface area contributed by atoms with Crippen molar-refractivity contribution in [2.75, 3.05) is 0 Å². The largest absolute Gasteiger partial charge is 0.299 e. The Balaban J connectivity index is 2.65. The summed E-state index contributed by atoms with van der Waals surface area (Å²) in [6.07, 6.45) is 1.25. The van der Waals surface area contributed by atoms with Gasteiger partial charge in [0.15, 0.2) is 0 Å². The van der Waals surface area contributed by atoms with E-state index in [1.807, 2.05) is 0 Å². The first-order chi connectivity index (χ1) is 8.18. The molecular formula is C17H26O. The Morgan fingerprint density at radius 1 is 1.11 bits per heavy atom. The van der Waals surface area contributed by atoms with Gasteiger partial charge in [-0.15, -0.1) is 0 Å². The average molecular weight is 246 g/mol. The lowest BCUT2D eigenvalue weighted by atomic mass is 9.79. The Bertz CT molecular complexity index is 403. The summed E-state index contributed by atoms with van der Waals surface area (Å²) in [7, 11) is 0. The van der Waals surface area contributed by atoms with Gasteiger partial charge in [-0.05, 0) is 30.7 Å². The number of Topliss-reactive ketones (excluding diaryl/α,β-unsaturated/α-hetero) is 1. The summed E-state index contributed by atoms with van der Waals surface area (Å²) in [5.41, 5.74) is 3.83. The Morgan fingerprint density at radius 2 is 1.61 bits per heavy atom. The molecule has 0 aliphatic carbocycles. The first-order valence-electron chi connectivity index (χ1n) is 6.77. The van der Waals surface area contributed by atoms with E-state index in [0.717, 1.165) is 5.56 Å². The van der Waals surface area contributed by atoms with Crippen LogP contribution < -0.4 is 0 Å². The molecule has 0 N–H and O–H groups in total. The number of carbonyl (C=O) groups excluding carboxylic acids is 1. The molecule has 0 saturated heterocycles. The molecule has 1 atom stereocenters. The van der Waals surface area contributed by atoms with Gasteiger partial charge in [0.25, 0.3) is 0 Å². The van der Waals surface area contributed by atoms with E-state index in [4.69, 9.17) is 0 Å². The van der Waals surface area contributed by atoms with Crippen molar-refractivity contribution in [3.8, 4) is 0 Å². The zero-order valence-corrected chi connectivity index (χ0v) is 12.6. The molecule has 1 heteroatoms. The van der Waals surface area contributed by atoms with Gasteiger partial charge in [0.05, 0.1) is 0 Å². The van der Waals surface area contributed by atoms with Crippen molar-refractivity contribution in [2.45, 2.75) is 54.4 Å². The molecule has 1 aromatic carbocycles. The standard InChI is InChI=1S/C17H26O/c1-12-7-13(2)9-15(8-12)11-16(18)10-14(3)17(4,5)6/h7-9,14H,10-11H2,1-6H3. The Labute approximate surface area is 112 Å². The van der Waals surface area contributed by atoms with Crippen LogP contribution in [0.3, 0.4) is 0 Å². The quantitative estimate of drug-likeness (QED) is 0.765. The summed E-state index contributed by atoms with van der Waals surface area (Å²) in [4.78, 5) is 12.1. The van der Waals surface area contributed by atoms with Crippen molar-refractivity contribution < 1.29 is 4.79 Å². The minimum atomic E-state index is 0.207. The number of aryl methyl sites for hydroxylation is 2. The number of carbonyl (C=O) groups is 1. The lowest BCUT2D eigenvalue weighted by molar-refractivity contribution is -0.120. The second-order valence-electron chi connectivity index (χ2n) is 6.68. The Hall–Kier alpha value is -1.11. The van der Waals surface area contributed by atoms with Crippen molar-refractivity contribution in [3.05, 3.63) is 34.9 Å². The zero-order chi connectivity index (χ0) is 13.9. The third-order valence-electron chi connectivity index (χ3n) is 3.70. The first kappa shape index (κ1) is 14.9. The van der Waals surface area contributed by atoms with Crippen LogP contribution in [0.25, 0.3) is 0 Å². The molecule has 18 heavy (non-hydrogen) atoms. The topological polar surface area (TPSA) is 17.1 Å². The second-order valence-corrected chi connectivity index (χ2v) is 6.68. The van der Waals surface area contributed by atoms with Crippen LogP contribution in [0.15, 0.2) is 18.2 Å². The van der Waals surface area contributed by atoms with Crippen molar-refractivity contribution in [1.29, 1.82) is 0 Å². The fraction of sp³-hybridized carbons (Fsp3) is 0.588. The van der Waals surface area contributed by atoms with E-state index in [-0.39, 0.29) is 5.41 Å². The fourth-order valence-corrected chi connectivity index (χ4v) is 2.12. The number of hydrogen-bond acceptors (Lipinski definition) is 1. The van der Waals surface area contributed by atoms with Crippen molar-refractivity contribution >= 4 is 5.78 Å². The molecule has 0 aliphatic rings. The van der Waals surface area contributed by atoms with Gasteiger partial charge in [0.2, 0.25) is 0 Å². The predicted octanol–water partition coefficient (Wildman–Crippen LogP) is 4.49. The molecule has 1 aromatic rings. The maximum Gasteiger partial charge on any atom is 0.137 e. The van der Waals surface area contributed by atoms with E-state index in [1.165, 1.54) is 11.1 Å². The number of benzene rings is 1. The summed E-state index contributed by atoms with van der Waals surface area (Å²) in [6, 6.07) is 6.38. The molecule has 0 radical (unpaired) electrons. The summed E-state index contributed by atoms with van der Waals surface area (Å²) < 4.78 is 0. The fourth-order valence-electron chi connectivity index (χ4n) is 2.12. The minimum absolute atomic E-state index is 0.207. The molecular weight excluding hydrogens is 220 g/mol. The smallest absolute Gasteiger partial charge is 0.137 e. The van der Waals surface area contributed by atoms with Crippen LogP contribution in [0.5, 0.6) is 0 Å². The van der Waals surface area contributed by atoms with E-state index in [0.29, 0.717) is 24.5 Å². The molecule has 0 aliphatic heterocycles. The van der Waals surface area contributed by atoms with E-state index in [9.17, 15) is 4.79 Å². The summed E-state index contributed by atoms with van der Waals surface area (Å²) in [5, 5.41) is 0. The van der Waals surface area contributed by atoms with Gasteiger partial charge in [-0.3, -0.25) is 4.79 Å². The summed E-state index contributed by atoms with van der Waals surface area (Å²) in [5.74, 6) is 0.776. The Morgan fingerprint density at radius 3 is 2.06 bits per heavy atom. The third kappa shape index (κ3) is 4.64. The molecule has 0 aromatic heterocycles. The van der Waals surface area contributed by atoms with Gasteiger partial charge < -0.3 is 0 Å². The Kier molecular flexibility index (Phi) is 4.72. The highest BCUT2D eigenvalue weighted by molar-refractivity contribution is 5.81. The number of rotatable bonds is 4. The van der Waals surface area contributed by atoms with Crippen LogP contribution in [0, 0.1) is 25.2 Å². The minimum Gasteiger partial charge on any atom is -0.299 e. The SMILES string of the molecule is Cc1cc(C)cc(CC(=O)CC(C)C(C)(C)C)c1. The highest BCUT2D eigenvalue weighted by Crippen LogP contribution is 2.28. The lowest BCUT2D eigenvalue weighted by Crippen LogP contribution is -2.21. The van der Waals surface area contributed by atoms with Crippen LogP contribution in [0.2, 0.25) is 0 Å². The molecule has 0 spiro atoms. The van der Waals surface area contributed by atoms with Crippen molar-refractivity contribution in [2.24, 2.45) is 11.3 Å². The van der Waals surface area contributed by atoms with Gasteiger partial charge in [0.1, 0.15) is 5.78 Å². The average Bonchev–Trinajstić information content (AvgIpc) is 2.13. The van der Waals surface area contributed by atoms with Crippen LogP contribution in [-0.2, 0) is 11.2 Å². The highest BCUT2D eigenvalue weighted by Gasteiger charge is 2.22. The van der Waals surface area contributed by atoms with E-state index < -0.39 is 0 Å². The first-order valence-corrected chi connectivity index (χ1v) is 6.77. The van der Waals surface area contributed by atoms with Crippen LogP contribution in [-0.4, -0.2) is 5.78 Å². The molecule has 1 rings (SSSR count). The molecule has 100 valence electrons. The maximum atomic E-state index is 12.1.